The zero-order chi connectivity index (χ0) is 17.7. The lowest BCUT2D eigenvalue weighted by Gasteiger charge is -2.10. The molecule has 0 saturated heterocycles. The standard InChI is InChI=1S/C17H9BrF2N4O/c18-8-5-9(17(21)25)15-13(6-8)24(7-23-15)12-3-4-22-16-11(20)2-1-10(19)14(12)16/h1-7H,(H2,21,25). The van der Waals surface area contributed by atoms with E-state index in [-0.39, 0.29) is 16.5 Å². The Labute approximate surface area is 148 Å². The molecule has 0 aliphatic carbocycles. The predicted octanol–water partition coefficient (Wildman–Crippen LogP) is 3.71. The van der Waals surface area contributed by atoms with Gasteiger partial charge in [0.2, 0.25) is 0 Å². The third kappa shape index (κ3) is 2.37. The molecule has 0 saturated carbocycles. The SMILES string of the molecule is NC(=O)c1cc(Br)cc2c1ncn2-c1ccnc2c(F)ccc(F)c12. The second kappa shape index (κ2) is 5.59. The maximum absolute atomic E-state index is 14.4. The van der Waals surface area contributed by atoms with Gasteiger partial charge in [0.15, 0.2) is 0 Å². The number of carbonyl (C=O) groups is 1. The van der Waals surface area contributed by atoms with E-state index >= 15 is 0 Å². The van der Waals surface area contributed by atoms with Gasteiger partial charge in [-0.2, -0.15) is 0 Å². The Morgan fingerprint density at radius 2 is 1.84 bits per heavy atom. The highest BCUT2D eigenvalue weighted by Gasteiger charge is 2.17. The van der Waals surface area contributed by atoms with E-state index < -0.39 is 17.5 Å². The molecule has 1 amide bonds. The Morgan fingerprint density at radius 1 is 1.08 bits per heavy atom. The molecule has 5 nitrogen and oxygen atoms in total. The van der Waals surface area contributed by atoms with Gasteiger partial charge in [-0.1, -0.05) is 15.9 Å². The minimum Gasteiger partial charge on any atom is -0.366 e. The number of hydrogen-bond acceptors (Lipinski definition) is 3. The average molecular weight is 403 g/mol. The summed E-state index contributed by atoms with van der Waals surface area (Å²) < 4.78 is 30.6. The molecule has 2 N–H and O–H groups in total. The van der Waals surface area contributed by atoms with Gasteiger partial charge in [0.05, 0.1) is 22.2 Å². The monoisotopic (exact) mass is 402 g/mol. The maximum atomic E-state index is 14.4. The minimum atomic E-state index is -0.631. The highest BCUT2D eigenvalue weighted by Crippen LogP contribution is 2.30. The number of carbonyl (C=O) groups excluding carboxylic acids is 1. The van der Waals surface area contributed by atoms with Crippen LogP contribution in [0.1, 0.15) is 10.4 Å². The number of halogens is 3. The average Bonchev–Trinajstić information content (AvgIpc) is 3.00. The van der Waals surface area contributed by atoms with Gasteiger partial charge in [-0.15, -0.1) is 0 Å². The van der Waals surface area contributed by atoms with Crippen LogP contribution >= 0.6 is 15.9 Å². The Morgan fingerprint density at radius 3 is 2.60 bits per heavy atom. The van der Waals surface area contributed by atoms with Gasteiger partial charge in [-0.3, -0.25) is 14.3 Å². The van der Waals surface area contributed by atoms with Gasteiger partial charge in [0, 0.05) is 10.7 Å². The van der Waals surface area contributed by atoms with Crippen molar-refractivity contribution in [1.82, 2.24) is 14.5 Å². The largest absolute Gasteiger partial charge is 0.366 e. The second-order valence-electron chi connectivity index (χ2n) is 5.38. The summed E-state index contributed by atoms with van der Waals surface area (Å²) in [6.07, 6.45) is 2.82. The second-order valence-corrected chi connectivity index (χ2v) is 6.30. The highest BCUT2D eigenvalue weighted by molar-refractivity contribution is 9.10. The summed E-state index contributed by atoms with van der Waals surface area (Å²) in [7, 11) is 0. The third-order valence-electron chi connectivity index (χ3n) is 3.91. The molecule has 4 rings (SSSR count). The maximum Gasteiger partial charge on any atom is 0.251 e. The number of aromatic nitrogens is 3. The van der Waals surface area contributed by atoms with E-state index in [9.17, 15) is 13.6 Å². The molecular formula is C17H9BrF2N4O. The first-order chi connectivity index (χ1) is 12.0. The first-order valence-electron chi connectivity index (χ1n) is 7.17. The molecule has 0 atom stereocenters. The summed E-state index contributed by atoms with van der Waals surface area (Å²) in [4.78, 5) is 19.8. The van der Waals surface area contributed by atoms with Gasteiger partial charge in [0.25, 0.3) is 5.91 Å². The Balaban J connectivity index is 2.12. The van der Waals surface area contributed by atoms with Crippen LogP contribution in [0.2, 0.25) is 0 Å². The first kappa shape index (κ1) is 15.6. The molecule has 124 valence electrons. The molecule has 2 aromatic carbocycles. The lowest BCUT2D eigenvalue weighted by Crippen LogP contribution is -2.11. The number of hydrogen-bond donors (Lipinski definition) is 1. The number of rotatable bonds is 2. The van der Waals surface area contributed by atoms with Gasteiger partial charge in [-0.25, -0.2) is 13.8 Å². The van der Waals surface area contributed by atoms with E-state index in [1.807, 2.05) is 0 Å². The Kier molecular flexibility index (Phi) is 3.50. The third-order valence-corrected chi connectivity index (χ3v) is 4.37. The van der Waals surface area contributed by atoms with Crippen molar-refractivity contribution in [2.45, 2.75) is 0 Å². The molecule has 2 heterocycles. The van der Waals surface area contributed by atoms with E-state index in [4.69, 9.17) is 5.73 Å². The van der Waals surface area contributed by atoms with Gasteiger partial charge in [0.1, 0.15) is 29.0 Å². The van der Waals surface area contributed by atoms with Crippen LogP contribution in [0, 0.1) is 11.6 Å². The van der Waals surface area contributed by atoms with Crippen molar-refractivity contribution in [1.29, 1.82) is 0 Å². The summed E-state index contributed by atoms with van der Waals surface area (Å²) >= 11 is 3.32. The van der Waals surface area contributed by atoms with E-state index in [2.05, 4.69) is 25.9 Å². The molecule has 0 fully saturated rings. The van der Waals surface area contributed by atoms with Gasteiger partial charge < -0.3 is 5.73 Å². The van der Waals surface area contributed by atoms with Crippen LogP contribution in [0.15, 0.2) is 47.3 Å². The molecule has 0 aliphatic heterocycles. The fourth-order valence-electron chi connectivity index (χ4n) is 2.84. The quantitative estimate of drug-likeness (QED) is 0.555. The number of imidazole rings is 1. The van der Waals surface area contributed by atoms with Crippen LogP contribution in [0.4, 0.5) is 8.78 Å². The lowest BCUT2D eigenvalue weighted by molar-refractivity contribution is 0.100. The van der Waals surface area contributed by atoms with Crippen molar-refractivity contribution in [3.63, 3.8) is 0 Å². The van der Waals surface area contributed by atoms with Gasteiger partial charge in [-0.05, 0) is 30.3 Å². The molecular weight excluding hydrogens is 394 g/mol. The molecule has 0 radical (unpaired) electrons. The van der Waals surface area contributed by atoms with Crippen molar-refractivity contribution >= 4 is 43.8 Å². The smallest absolute Gasteiger partial charge is 0.251 e. The van der Waals surface area contributed by atoms with Gasteiger partial charge >= 0.3 is 0 Å². The van der Waals surface area contributed by atoms with Crippen molar-refractivity contribution in [2.24, 2.45) is 5.73 Å². The Hall–Kier alpha value is -2.87. The van der Waals surface area contributed by atoms with Crippen LogP contribution in [-0.2, 0) is 0 Å². The molecule has 4 aromatic rings. The van der Waals surface area contributed by atoms with Crippen LogP contribution in [-0.4, -0.2) is 20.4 Å². The number of amides is 1. The minimum absolute atomic E-state index is 0.0300. The fourth-order valence-corrected chi connectivity index (χ4v) is 3.28. The predicted molar refractivity (Wildman–Crippen MR) is 92.5 cm³/mol. The normalized spacial score (nSPS) is 11.3. The number of nitrogens with zero attached hydrogens (tertiary/aromatic N) is 3. The fraction of sp³-hybridized carbons (Fsp3) is 0. The van der Waals surface area contributed by atoms with Crippen LogP contribution in [0.5, 0.6) is 0 Å². The van der Waals surface area contributed by atoms with Crippen LogP contribution in [0.3, 0.4) is 0 Å². The zero-order valence-corrected chi connectivity index (χ0v) is 14.1. The van der Waals surface area contributed by atoms with E-state index in [1.165, 1.54) is 12.5 Å². The number of pyridine rings is 1. The van der Waals surface area contributed by atoms with Crippen molar-refractivity contribution in [3.8, 4) is 5.69 Å². The Bertz CT molecular complexity index is 1170. The molecule has 0 aliphatic rings. The van der Waals surface area contributed by atoms with E-state index in [1.54, 1.807) is 22.8 Å². The summed E-state index contributed by atoms with van der Waals surface area (Å²) in [6, 6.07) is 6.91. The summed E-state index contributed by atoms with van der Waals surface area (Å²) in [5, 5.41) is 0.0300. The number of nitrogens with two attached hydrogens (primary N) is 1. The lowest BCUT2D eigenvalue weighted by atomic mass is 10.1. The highest BCUT2D eigenvalue weighted by atomic mass is 79.9. The number of primary amides is 1. The summed E-state index contributed by atoms with van der Waals surface area (Å²) in [5.41, 5.74) is 6.81. The van der Waals surface area contributed by atoms with Crippen LogP contribution in [0.25, 0.3) is 27.6 Å². The number of fused-ring (bicyclic) bond motifs is 2. The number of benzene rings is 2. The zero-order valence-electron chi connectivity index (χ0n) is 12.5. The molecule has 2 aromatic heterocycles. The molecule has 0 bridgehead atoms. The molecule has 0 spiro atoms. The molecule has 0 unspecified atom stereocenters. The van der Waals surface area contributed by atoms with Crippen molar-refractivity contribution in [2.75, 3.05) is 0 Å². The van der Waals surface area contributed by atoms with Crippen LogP contribution < -0.4 is 5.73 Å². The van der Waals surface area contributed by atoms with E-state index in [0.717, 1.165) is 12.1 Å². The molecule has 25 heavy (non-hydrogen) atoms. The van der Waals surface area contributed by atoms with Crippen molar-refractivity contribution in [3.05, 3.63) is 64.5 Å². The summed E-state index contributed by atoms with van der Waals surface area (Å²) in [5.74, 6) is -1.86. The van der Waals surface area contributed by atoms with Crippen molar-refractivity contribution < 1.29 is 13.6 Å². The topological polar surface area (TPSA) is 73.8 Å². The molecule has 8 heteroatoms. The first-order valence-corrected chi connectivity index (χ1v) is 7.96. The summed E-state index contributed by atoms with van der Waals surface area (Å²) in [6.45, 7) is 0. The van der Waals surface area contributed by atoms with E-state index in [0.29, 0.717) is 21.2 Å².